The monoisotopic (exact) mass is 253 g/mol. The maximum absolute atomic E-state index is 11.8. The van der Waals surface area contributed by atoms with Crippen molar-refractivity contribution < 1.29 is 23.8 Å². The van der Waals surface area contributed by atoms with Gasteiger partial charge in [-0.2, -0.15) is 0 Å². The summed E-state index contributed by atoms with van der Waals surface area (Å²) in [6, 6.07) is 4.82. The molecule has 0 aliphatic carbocycles. The second-order valence-corrected chi connectivity index (χ2v) is 3.31. The third-order valence-electron chi connectivity index (χ3n) is 2.11. The average molecular weight is 253 g/mol. The highest BCUT2D eigenvalue weighted by Crippen LogP contribution is 2.25. The molecule has 0 atom stereocenters. The maximum atomic E-state index is 11.8. The molecule has 0 bridgehead atoms. The Morgan fingerprint density at radius 2 is 2.06 bits per heavy atom. The zero-order valence-corrected chi connectivity index (χ0v) is 10.3. The topological polar surface area (TPSA) is 87.9 Å². The highest BCUT2D eigenvalue weighted by Gasteiger charge is 2.18. The molecule has 6 nitrogen and oxygen atoms in total. The second kappa shape index (κ2) is 6.48. The van der Waals surface area contributed by atoms with Crippen molar-refractivity contribution in [2.75, 3.05) is 26.1 Å². The summed E-state index contributed by atoms with van der Waals surface area (Å²) in [5, 5.41) is 0. The number of ether oxygens (including phenoxy) is 3. The number of benzene rings is 1. The molecule has 0 aromatic heterocycles. The Labute approximate surface area is 105 Å². The van der Waals surface area contributed by atoms with E-state index in [1.165, 1.54) is 7.11 Å². The van der Waals surface area contributed by atoms with Crippen LogP contribution in [-0.4, -0.2) is 32.3 Å². The number of hydrogen-bond donors (Lipinski definition) is 1. The SMILES string of the molecule is CCOc1cccc(N)c1C(=O)OCC(=O)OC. The van der Waals surface area contributed by atoms with Crippen molar-refractivity contribution in [3.8, 4) is 5.75 Å². The molecule has 0 unspecified atom stereocenters. The first kappa shape index (κ1) is 13.8. The Kier molecular flexibility index (Phi) is 4.98. The molecule has 1 aromatic carbocycles. The van der Waals surface area contributed by atoms with Gasteiger partial charge in [0.05, 0.1) is 13.7 Å². The molecule has 2 N–H and O–H groups in total. The summed E-state index contributed by atoms with van der Waals surface area (Å²) in [5.74, 6) is -1.04. The number of nitrogens with two attached hydrogens (primary N) is 1. The highest BCUT2D eigenvalue weighted by molar-refractivity contribution is 5.98. The molecule has 0 aliphatic heterocycles. The molecule has 1 rings (SSSR count). The van der Waals surface area contributed by atoms with Crippen LogP contribution < -0.4 is 10.5 Å². The van der Waals surface area contributed by atoms with E-state index in [1.54, 1.807) is 25.1 Å². The minimum atomic E-state index is -0.720. The van der Waals surface area contributed by atoms with Crippen LogP contribution in [0, 0.1) is 0 Å². The van der Waals surface area contributed by atoms with Crippen molar-refractivity contribution >= 4 is 17.6 Å². The van der Waals surface area contributed by atoms with E-state index < -0.39 is 18.5 Å². The molecule has 0 saturated heterocycles. The largest absolute Gasteiger partial charge is 0.493 e. The van der Waals surface area contributed by atoms with Crippen molar-refractivity contribution in [1.29, 1.82) is 0 Å². The highest BCUT2D eigenvalue weighted by atomic mass is 16.6. The van der Waals surface area contributed by atoms with Crippen LogP contribution in [0.25, 0.3) is 0 Å². The van der Waals surface area contributed by atoms with Gasteiger partial charge in [-0.05, 0) is 19.1 Å². The lowest BCUT2D eigenvalue weighted by Crippen LogP contribution is -2.17. The van der Waals surface area contributed by atoms with Gasteiger partial charge >= 0.3 is 11.9 Å². The molecular weight excluding hydrogens is 238 g/mol. The predicted molar refractivity (Wildman–Crippen MR) is 64.3 cm³/mol. The van der Waals surface area contributed by atoms with Gasteiger partial charge in [0.25, 0.3) is 0 Å². The van der Waals surface area contributed by atoms with Gasteiger partial charge < -0.3 is 19.9 Å². The first-order valence-electron chi connectivity index (χ1n) is 5.35. The normalized spacial score (nSPS) is 9.67. The van der Waals surface area contributed by atoms with Crippen LogP contribution in [0.15, 0.2) is 18.2 Å². The quantitative estimate of drug-likeness (QED) is 0.622. The molecule has 6 heteroatoms. The van der Waals surface area contributed by atoms with Crippen molar-refractivity contribution in [2.45, 2.75) is 6.92 Å². The first-order chi connectivity index (χ1) is 8.60. The standard InChI is InChI=1S/C12H15NO5/c1-3-17-9-6-4-5-8(13)11(9)12(15)18-7-10(14)16-2/h4-6H,3,7,13H2,1-2H3. The molecule has 18 heavy (non-hydrogen) atoms. The van der Waals surface area contributed by atoms with E-state index in [2.05, 4.69) is 4.74 Å². The van der Waals surface area contributed by atoms with Gasteiger partial charge in [-0.25, -0.2) is 9.59 Å². The van der Waals surface area contributed by atoms with Crippen molar-refractivity contribution in [2.24, 2.45) is 0 Å². The van der Waals surface area contributed by atoms with E-state index in [0.29, 0.717) is 12.4 Å². The van der Waals surface area contributed by atoms with E-state index in [0.717, 1.165) is 0 Å². The fourth-order valence-electron chi connectivity index (χ4n) is 1.30. The Hall–Kier alpha value is -2.24. The lowest BCUT2D eigenvalue weighted by Gasteiger charge is -2.11. The number of hydrogen-bond acceptors (Lipinski definition) is 6. The number of esters is 2. The van der Waals surface area contributed by atoms with Gasteiger partial charge in [0.2, 0.25) is 0 Å². The van der Waals surface area contributed by atoms with Crippen LogP contribution in [-0.2, 0) is 14.3 Å². The molecule has 0 amide bonds. The van der Waals surface area contributed by atoms with E-state index in [-0.39, 0.29) is 11.3 Å². The van der Waals surface area contributed by atoms with Crippen LogP contribution >= 0.6 is 0 Å². The van der Waals surface area contributed by atoms with Gasteiger partial charge in [0.15, 0.2) is 6.61 Å². The molecule has 0 fully saturated rings. The van der Waals surface area contributed by atoms with E-state index >= 15 is 0 Å². The van der Waals surface area contributed by atoms with E-state index in [4.69, 9.17) is 15.2 Å². The van der Waals surface area contributed by atoms with Crippen LogP contribution in [0.4, 0.5) is 5.69 Å². The molecule has 0 spiro atoms. The third kappa shape index (κ3) is 3.38. The molecule has 1 aromatic rings. The van der Waals surface area contributed by atoms with Gasteiger partial charge in [-0.15, -0.1) is 0 Å². The Bertz CT molecular complexity index is 444. The van der Waals surface area contributed by atoms with Crippen LogP contribution in [0.5, 0.6) is 5.75 Å². The number of carbonyl (C=O) groups excluding carboxylic acids is 2. The third-order valence-corrected chi connectivity index (χ3v) is 2.11. The minimum Gasteiger partial charge on any atom is -0.493 e. The van der Waals surface area contributed by atoms with E-state index in [9.17, 15) is 9.59 Å². The van der Waals surface area contributed by atoms with Crippen molar-refractivity contribution in [3.05, 3.63) is 23.8 Å². The van der Waals surface area contributed by atoms with Crippen molar-refractivity contribution in [3.63, 3.8) is 0 Å². The van der Waals surface area contributed by atoms with Crippen LogP contribution in [0.2, 0.25) is 0 Å². The number of nitrogen functional groups attached to an aromatic ring is 1. The Morgan fingerprint density at radius 1 is 1.33 bits per heavy atom. The number of anilines is 1. The summed E-state index contributed by atoms with van der Waals surface area (Å²) in [4.78, 5) is 22.7. The molecule has 0 radical (unpaired) electrons. The molecule has 0 heterocycles. The molecular formula is C12H15NO5. The minimum absolute atomic E-state index is 0.114. The van der Waals surface area contributed by atoms with Gasteiger partial charge in [0, 0.05) is 5.69 Å². The lowest BCUT2D eigenvalue weighted by molar-refractivity contribution is -0.144. The summed E-state index contributed by atoms with van der Waals surface area (Å²) < 4.78 is 14.4. The number of methoxy groups -OCH3 is 1. The summed E-state index contributed by atoms with van der Waals surface area (Å²) in [5.41, 5.74) is 6.04. The molecule has 98 valence electrons. The van der Waals surface area contributed by atoms with E-state index in [1.807, 2.05) is 0 Å². The van der Waals surface area contributed by atoms with Gasteiger partial charge in [-0.1, -0.05) is 6.07 Å². The number of carbonyl (C=O) groups is 2. The summed E-state index contributed by atoms with van der Waals surface area (Å²) in [6.07, 6.45) is 0. The Morgan fingerprint density at radius 3 is 2.67 bits per heavy atom. The molecule has 0 aliphatic rings. The van der Waals surface area contributed by atoms with Crippen molar-refractivity contribution in [1.82, 2.24) is 0 Å². The zero-order valence-electron chi connectivity index (χ0n) is 10.3. The second-order valence-electron chi connectivity index (χ2n) is 3.31. The Balaban J connectivity index is 2.86. The van der Waals surface area contributed by atoms with Crippen LogP contribution in [0.1, 0.15) is 17.3 Å². The van der Waals surface area contributed by atoms with Gasteiger partial charge in [0.1, 0.15) is 11.3 Å². The predicted octanol–water partition coefficient (Wildman–Crippen LogP) is 0.997. The zero-order chi connectivity index (χ0) is 13.5. The molecule has 0 saturated carbocycles. The maximum Gasteiger partial charge on any atom is 0.344 e. The lowest BCUT2D eigenvalue weighted by atomic mass is 10.1. The summed E-state index contributed by atoms with van der Waals surface area (Å²) in [6.45, 7) is 1.71. The number of rotatable bonds is 5. The first-order valence-corrected chi connectivity index (χ1v) is 5.35. The summed E-state index contributed by atoms with van der Waals surface area (Å²) >= 11 is 0. The van der Waals surface area contributed by atoms with Crippen LogP contribution in [0.3, 0.4) is 0 Å². The summed E-state index contributed by atoms with van der Waals surface area (Å²) in [7, 11) is 1.21. The fourth-order valence-corrected chi connectivity index (χ4v) is 1.30. The fraction of sp³-hybridized carbons (Fsp3) is 0.333. The van der Waals surface area contributed by atoms with Gasteiger partial charge in [-0.3, -0.25) is 0 Å². The smallest absolute Gasteiger partial charge is 0.344 e. The average Bonchev–Trinajstić information content (AvgIpc) is 2.36.